The van der Waals surface area contributed by atoms with Gasteiger partial charge in [0.1, 0.15) is 18.3 Å². The minimum atomic E-state index is -5.08. The van der Waals surface area contributed by atoms with Gasteiger partial charge in [0, 0.05) is 16.9 Å². The van der Waals surface area contributed by atoms with Gasteiger partial charge in [0.15, 0.2) is 6.23 Å². The van der Waals surface area contributed by atoms with Gasteiger partial charge in [-0.1, -0.05) is 0 Å². The fraction of sp³-hybridized carbons (Fsp3) is 0.556. The van der Waals surface area contributed by atoms with Gasteiger partial charge in [-0.2, -0.15) is 14.7 Å². The number of aromatic nitrogens is 2. The summed E-state index contributed by atoms with van der Waals surface area (Å²) in [6.07, 6.45) is -5.31. The molecular weight excluding hydrogens is 469 g/mol. The van der Waals surface area contributed by atoms with Crippen LogP contribution in [0.1, 0.15) is 6.23 Å². The van der Waals surface area contributed by atoms with E-state index in [1.54, 1.807) is 0 Å². The predicted molar refractivity (Wildman–Crippen MR) is 89.0 cm³/mol. The molecule has 0 bridgehead atoms. The normalized spacial score (nSPS) is 28.2. The van der Waals surface area contributed by atoms with Crippen LogP contribution in [0.2, 0.25) is 0 Å². The zero-order valence-corrected chi connectivity index (χ0v) is 16.5. The summed E-state index contributed by atoms with van der Waals surface area (Å²) in [5.74, 6) is 0. The van der Waals surface area contributed by atoms with Crippen LogP contribution in [0.4, 0.5) is 0 Å². The molecule has 1 aromatic heterocycles. The molecule has 1 aromatic rings. The van der Waals surface area contributed by atoms with Crippen molar-refractivity contribution in [2.75, 3.05) is 6.61 Å². The Morgan fingerprint density at radius 3 is 2.52 bits per heavy atom. The summed E-state index contributed by atoms with van der Waals surface area (Å²) in [5.41, 5.74) is -1.67. The molecule has 0 spiro atoms. The maximum atomic E-state index is 11.8. The van der Waals surface area contributed by atoms with E-state index >= 15 is 0 Å². The zero-order chi connectivity index (χ0) is 22.0. The number of aliphatic hydroxyl groups excluding tert-OH is 2. The van der Waals surface area contributed by atoms with E-state index in [1.165, 1.54) is 0 Å². The molecule has 1 aliphatic heterocycles. The summed E-state index contributed by atoms with van der Waals surface area (Å²) >= 11 is 0. The average molecular weight is 485 g/mol. The van der Waals surface area contributed by atoms with Gasteiger partial charge in [-0.15, -0.1) is 4.67 Å². The molecule has 0 saturated carbocycles. The van der Waals surface area contributed by atoms with Gasteiger partial charge >= 0.3 is 30.3 Å². The van der Waals surface area contributed by atoms with Crippen molar-refractivity contribution in [1.82, 2.24) is 9.55 Å². The van der Waals surface area contributed by atoms with Crippen LogP contribution in [0.3, 0.4) is 0 Å². The number of ether oxygens (including phenoxy) is 1. The lowest BCUT2D eigenvalue weighted by Gasteiger charge is -2.18. The summed E-state index contributed by atoms with van der Waals surface area (Å²) in [4.78, 5) is 68.7. The Morgan fingerprint density at radius 2 is 1.93 bits per heavy atom. The zero-order valence-electron chi connectivity index (χ0n) is 13.9. The van der Waals surface area contributed by atoms with Gasteiger partial charge < -0.3 is 24.7 Å². The van der Waals surface area contributed by atoms with Crippen LogP contribution in [0.5, 0.6) is 0 Å². The minimum Gasteiger partial charge on any atom is -0.387 e. The smallest absolute Gasteiger partial charge is 0.387 e. The predicted octanol–water partition coefficient (Wildman–Crippen LogP) is -2.89. The molecule has 1 saturated heterocycles. The van der Waals surface area contributed by atoms with E-state index in [0.29, 0.717) is 0 Å². The van der Waals surface area contributed by atoms with Crippen molar-refractivity contribution in [1.29, 1.82) is 0 Å². The summed E-state index contributed by atoms with van der Waals surface area (Å²) in [6.45, 7) is -0.887. The number of H-pyrrole nitrogens is 1. The highest BCUT2D eigenvalue weighted by Crippen LogP contribution is 2.58. The number of aromatic amines is 1. The van der Waals surface area contributed by atoms with Gasteiger partial charge in [0.25, 0.3) is 5.56 Å². The van der Waals surface area contributed by atoms with E-state index in [-0.39, 0.29) is 0 Å². The van der Waals surface area contributed by atoms with Crippen LogP contribution in [0, 0.1) is 0 Å². The van der Waals surface area contributed by atoms with Gasteiger partial charge in [-0.25, -0.2) is 13.7 Å². The summed E-state index contributed by atoms with van der Waals surface area (Å²) in [6, 6.07) is 0.956. The van der Waals surface area contributed by atoms with Gasteiger partial charge in [-0.3, -0.25) is 18.9 Å². The SMILES string of the molecule is O=c1ccn(C2OC(COP(=O)(O)OP(O)OO[P+](O)(O)O)C(O)C2O)c(=O)[nH]1. The van der Waals surface area contributed by atoms with E-state index in [0.717, 1.165) is 16.8 Å². The molecule has 8 N–H and O–H groups in total. The van der Waals surface area contributed by atoms with E-state index in [1.807, 2.05) is 4.98 Å². The Kier molecular flexibility index (Phi) is 8.14. The second-order valence-corrected chi connectivity index (χ2v) is 8.96. The molecule has 17 nitrogen and oxygen atoms in total. The molecule has 0 aromatic carbocycles. The molecule has 6 atom stereocenters. The summed E-state index contributed by atoms with van der Waals surface area (Å²) in [5, 5.41) is 20.0. The first-order chi connectivity index (χ1) is 13.3. The molecule has 0 amide bonds. The number of hydrogen-bond acceptors (Lipinski definition) is 14. The van der Waals surface area contributed by atoms with Crippen LogP contribution >= 0.6 is 24.6 Å². The van der Waals surface area contributed by atoms with Crippen molar-refractivity contribution in [3.8, 4) is 0 Å². The largest absolute Gasteiger partial charge is 0.598 e. The van der Waals surface area contributed by atoms with Crippen LogP contribution in [0.15, 0.2) is 21.9 Å². The minimum absolute atomic E-state index is 0.716. The third-order valence-corrected chi connectivity index (χ3v) is 5.69. The van der Waals surface area contributed by atoms with E-state index in [4.69, 9.17) is 24.3 Å². The Bertz CT molecular complexity index is 852. The molecule has 1 fully saturated rings. The number of rotatable bonds is 9. The lowest BCUT2D eigenvalue weighted by atomic mass is 10.1. The first kappa shape index (κ1) is 24.6. The van der Waals surface area contributed by atoms with Gasteiger partial charge in [0.2, 0.25) is 0 Å². The molecule has 166 valence electrons. The van der Waals surface area contributed by atoms with Crippen molar-refractivity contribution >= 4 is 24.6 Å². The molecule has 0 aliphatic carbocycles. The van der Waals surface area contributed by atoms with Crippen molar-refractivity contribution < 1.29 is 62.2 Å². The molecule has 2 rings (SSSR count). The first-order valence-corrected chi connectivity index (χ1v) is 11.4. The fourth-order valence-electron chi connectivity index (χ4n) is 2.09. The van der Waals surface area contributed by atoms with E-state index in [9.17, 15) is 29.3 Å². The summed E-state index contributed by atoms with van der Waals surface area (Å²) in [7, 11) is -13.4. The molecule has 0 radical (unpaired) electrons. The molecule has 20 heteroatoms. The van der Waals surface area contributed by atoms with Gasteiger partial charge in [-0.05, 0) is 0 Å². The van der Waals surface area contributed by atoms with Gasteiger partial charge in [0.05, 0.1) is 6.61 Å². The van der Waals surface area contributed by atoms with Crippen molar-refractivity contribution in [3.05, 3.63) is 33.1 Å². The van der Waals surface area contributed by atoms with E-state index in [2.05, 4.69) is 18.2 Å². The van der Waals surface area contributed by atoms with Crippen LogP contribution < -0.4 is 11.2 Å². The number of phosphoric acid groups is 1. The quantitative estimate of drug-likeness (QED) is 0.0992. The molecular formula is C9H16N2O15P3+. The second kappa shape index (κ2) is 9.62. The molecule has 6 unspecified atom stereocenters. The monoisotopic (exact) mass is 485 g/mol. The Balaban J connectivity index is 1.95. The van der Waals surface area contributed by atoms with Crippen molar-refractivity contribution in [2.45, 2.75) is 24.5 Å². The number of nitrogens with one attached hydrogen (secondary N) is 1. The Morgan fingerprint density at radius 1 is 1.28 bits per heavy atom. The van der Waals surface area contributed by atoms with E-state index < -0.39 is 67.0 Å². The fourth-order valence-corrected chi connectivity index (χ4v) is 4.02. The second-order valence-electron chi connectivity index (χ2n) is 5.31. The van der Waals surface area contributed by atoms with Crippen molar-refractivity contribution in [3.63, 3.8) is 0 Å². The lowest BCUT2D eigenvalue weighted by Crippen LogP contribution is -2.37. The van der Waals surface area contributed by atoms with Crippen LogP contribution in [-0.2, 0) is 27.5 Å². The standard InChI is InChI=1S/C9H15N2O15P3/c12-5-1-2-11(9(15)10-5)8-7(14)6(13)4(23-8)3-22-29(20,21)26-27(16)24-25-28(17,18)19/h1-2,4,6-8,13-14,16-19H,3H2,(H-,10,12,15,20,21)/p+1. The highest BCUT2D eigenvalue weighted by atomic mass is 31.3. The lowest BCUT2D eigenvalue weighted by molar-refractivity contribution is -0.141. The summed E-state index contributed by atoms with van der Waals surface area (Å²) < 4.78 is 33.4. The molecule has 29 heavy (non-hydrogen) atoms. The molecule has 1 aliphatic rings. The highest BCUT2D eigenvalue weighted by molar-refractivity contribution is 7.58. The highest BCUT2D eigenvalue weighted by Gasteiger charge is 2.45. The average Bonchev–Trinajstić information content (AvgIpc) is 2.86. The van der Waals surface area contributed by atoms with Crippen molar-refractivity contribution in [2.24, 2.45) is 0 Å². The maximum Gasteiger partial charge on any atom is 0.598 e. The number of nitrogens with zero attached hydrogens (tertiary/aromatic N) is 1. The topological polar surface area (TPSA) is 260 Å². The molecule has 2 heterocycles. The maximum absolute atomic E-state index is 11.8. The number of phosphoric ester groups is 1. The Labute approximate surface area is 161 Å². The van der Waals surface area contributed by atoms with Crippen LogP contribution in [-0.4, -0.2) is 69.1 Å². The number of aliphatic hydroxyl groups is 2. The van der Waals surface area contributed by atoms with Crippen LogP contribution in [0.25, 0.3) is 0 Å². The first-order valence-electron chi connectivity index (χ1n) is 7.22. The third kappa shape index (κ3) is 7.18. The Hall–Kier alpha value is -0.710. The third-order valence-electron chi connectivity index (χ3n) is 3.23. The number of hydrogen-bond donors (Lipinski definition) is 8.